The Bertz CT molecular complexity index is 534. The molecule has 1 heterocycles. The number of carbonyl (C=O) groups excluding carboxylic acids is 1. The Morgan fingerprint density at radius 1 is 1.26 bits per heavy atom. The molecule has 4 nitrogen and oxygen atoms in total. The van der Waals surface area contributed by atoms with Crippen molar-refractivity contribution in [1.82, 2.24) is 9.80 Å². The van der Waals surface area contributed by atoms with Gasteiger partial charge in [0.25, 0.3) is 0 Å². The second-order valence-electron chi connectivity index (χ2n) is 7.52. The van der Waals surface area contributed by atoms with Gasteiger partial charge in [-0.05, 0) is 51.6 Å². The van der Waals surface area contributed by atoms with E-state index in [2.05, 4.69) is 17.0 Å². The summed E-state index contributed by atoms with van der Waals surface area (Å²) in [6, 6.07) is 10.7. The van der Waals surface area contributed by atoms with Crippen LogP contribution in [0.25, 0.3) is 0 Å². The first-order valence-electron chi connectivity index (χ1n) is 8.75. The molecule has 1 aromatic rings. The van der Waals surface area contributed by atoms with Gasteiger partial charge in [0, 0.05) is 18.6 Å². The van der Waals surface area contributed by atoms with E-state index in [9.17, 15) is 9.90 Å². The SMILES string of the molecule is CC(C)(O)C1CCCN1CC(=O)N(Cc1ccccc1)C1CC1. The highest BCUT2D eigenvalue weighted by Crippen LogP contribution is 2.30. The van der Waals surface area contributed by atoms with Gasteiger partial charge in [0.2, 0.25) is 5.91 Å². The van der Waals surface area contributed by atoms with Gasteiger partial charge >= 0.3 is 0 Å². The number of likely N-dealkylation sites (tertiary alicyclic amines) is 1. The maximum absolute atomic E-state index is 12.9. The lowest BCUT2D eigenvalue weighted by atomic mass is 9.97. The summed E-state index contributed by atoms with van der Waals surface area (Å²) in [5, 5.41) is 10.3. The van der Waals surface area contributed by atoms with Crippen LogP contribution < -0.4 is 0 Å². The third kappa shape index (κ3) is 4.12. The zero-order chi connectivity index (χ0) is 16.4. The number of benzene rings is 1. The average molecular weight is 316 g/mol. The second-order valence-corrected chi connectivity index (χ2v) is 7.52. The minimum absolute atomic E-state index is 0.0872. The molecule has 1 aromatic carbocycles. The van der Waals surface area contributed by atoms with Gasteiger partial charge in [-0.1, -0.05) is 30.3 Å². The zero-order valence-electron chi connectivity index (χ0n) is 14.2. The van der Waals surface area contributed by atoms with Gasteiger partial charge < -0.3 is 10.0 Å². The van der Waals surface area contributed by atoms with E-state index in [-0.39, 0.29) is 11.9 Å². The molecule has 1 saturated heterocycles. The van der Waals surface area contributed by atoms with Crippen molar-refractivity contribution in [2.75, 3.05) is 13.1 Å². The summed E-state index contributed by atoms with van der Waals surface area (Å²) >= 11 is 0. The highest BCUT2D eigenvalue weighted by atomic mass is 16.3. The predicted octanol–water partition coefficient (Wildman–Crippen LogP) is 2.41. The Kier molecular flexibility index (Phi) is 4.74. The number of amides is 1. The van der Waals surface area contributed by atoms with Crippen LogP contribution in [0.5, 0.6) is 0 Å². The lowest BCUT2D eigenvalue weighted by molar-refractivity contribution is -0.135. The standard InChI is InChI=1S/C19H28N2O2/c1-19(2,23)17-9-6-12-20(17)14-18(22)21(16-10-11-16)13-15-7-4-3-5-8-15/h3-5,7-8,16-17,23H,6,9-14H2,1-2H3. The van der Waals surface area contributed by atoms with E-state index in [1.165, 1.54) is 5.56 Å². The molecule has 0 bridgehead atoms. The van der Waals surface area contributed by atoms with Crippen LogP contribution in [0.4, 0.5) is 0 Å². The molecule has 23 heavy (non-hydrogen) atoms. The Morgan fingerprint density at radius 2 is 1.96 bits per heavy atom. The molecule has 2 aliphatic rings. The van der Waals surface area contributed by atoms with E-state index in [1.807, 2.05) is 36.9 Å². The van der Waals surface area contributed by atoms with E-state index < -0.39 is 5.60 Å². The fraction of sp³-hybridized carbons (Fsp3) is 0.632. The van der Waals surface area contributed by atoms with Crippen molar-refractivity contribution in [3.05, 3.63) is 35.9 Å². The predicted molar refractivity (Wildman–Crippen MR) is 90.9 cm³/mol. The lowest BCUT2D eigenvalue weighted by Gasteiger charge is -2.34. The van der Waals surface area contributed by atoms with Gasteiger partial charge in [0.15, 0.2) is 0 Å². The Balaban J connectivity index is 1.65. The van der Waals surface area contributed by atoms with Crippen molar-refractivity contribution >= 4 is 5.91 Å². The highest BCUT2D eigenvalue weighted by Gasteiger charge is 2.39. The van der Waals surface area contributed by atoms with Crippen LogP contribution in [0.15, 0.2) is 30.3 Å². The van der Waals surface area contributed by atoms with Crippen LogP contribution in [-0.2, 0) is 11.3 Å². The van der Waals surface area contributed by atoms with Crippen molar-refractivity contribution in [1.29, 1.82) is 0 Å². The monoisotopic (exact) mass is 316 g/mol. The van der Waals surface area contributed by atoms with E-state index in [4.69, 9.17) is 0 Å². The molecule has 1 unspecified atom stereocenters. The topological polar surface area (TPSA) is 43.8 Å². The molecule has 0 aromatic heterocycles. The van der Waals surface area contributed by atoms with Crippen molar-refractivity contribution in [3.8, 4) is 0 Å². The normalized spacial score (nSPS) is 22.3. The largest absolute Gasteiger partial charge is 0.389 e. The molecule has 1 aliphatic heterocycles. The van der Waals surface area contributed by atoms with Crippen LogP contribution in [0.3, 0.4) is 0 Å². The van der Waals surface area contributed by atoms with Crippen LogP contribution in [0.2, 0.25) is 0 Å². The summed E-state index contributed by atoms with van der Waals surface area (Å²) in [5.41, 5.74) is 0.439. The number of hydrogen-bond donors (Lipinski definition) is 1. The molecule has 126 valence electrons. The van der Waals surface area contributed by atoms with Crippen molar-refractivity contribution < 1.29 is 9.90 Å². The zero-order valence-corrected chi connectivity index (χ0v) is 14.2. The summed E-state index contributed by atoms with van der Waals surface area (Å²) in [7, 11) is 0. The molecule has 0 spiro atoms. The second kappa shape index (κ2) is 6.62. The summed E-state index contributed by atoms with van der Waals surface area (Å²) in [6.45, 7) is 5.74. The van der Waals surface area contributed by atoms with E-state index in [1.54, 1.807) is 0 Å². The molecule has 1 atom stereocenters. The first-order valence-corrected chi connectivity index (χ1v) is 8.75. The summed E-state index contributed by atoms with van der Waals surface area (Å²) in [5.74, 6) is 0.201. The van der Waals surface area contributed by atoms with Crippen LogP contribution in [0.1, 0.15) is 45.1 Å². The number of carbonyl (C=O) groups is 1. The third-order valence-corrected chi connectivity index (χ3v) is 5.02. The third-order valence-electron chi connectivity index (χ3n) is 5.02. The van der Waals surface area contributed by atoms with Crippen molar-refractivity contribution in [2.45, 2.75) is 63.8 Å². The van der Waals surface area contributed by atoms with E-state index in [0.29, 0.717) is 19.1 Å². The van der Waals surface area contributed by atoms with Gasteiger partial charge in [0.05, 0.1) is 12.1 Å². The molecule has 4 heteroatoms. The minimum Gasteiger partial charge on any atom is -0.389 e. The molecule has 1 amide bonds. The molecule has 0 radical (unpaired) electrons. The fourth-order valence-corrected chi connectivity index (χ4v) is 3.67. The number of hydrogen-bond acceptors (Lipinski definition) is 3. The summed E-state index contributed by atoms with van der Waals surface area (Å²) < 4.78 is 0. The smallest absolute Gasteiger partial charge is 0.237 e. The van der Waals surface area contributed by atoms with Crippen molar-refractivity contribution in [3.63, 3.8) is 0 Å². The maximum atomic E-state index is 12.9. The average Bonchev–Trinajstić information content (AvgIpc) is 3.23. The molecule has 1 N–H and O–H groups in total. The lowest BCUT2D eigenvalue weighted by Crippen LogP contribution is -2.49. The first kappa shape index (κ1) is 16.5. The van der Waals surface area contributed by atoms with Crippen LogP contribution in [0, 0.1) is 0 Å². The van der Waals surface area contributed by atoms with Gasteiger partial charge in [0.1, 0.15) is 0 Å². The van der Waals surface area contributed by atoms with Crippen molar-refractivity contribution in [2.24, 2.45) is 0 Å². The van der Waals surface area contributed by atoms with Crippen LogP contribution in [-0.4, -0.2) is 51.6 Å². The molecular formula is C19H28N2O2. The van der Waals surface area contributed by atoms with Crippen LogP contribution >= 0.6 is 0 Å². The molecule has 1 aliphatic carbocycles. The van der Waals surface area contributed by atoms with E-state index in [0.717, 1.165) is 32.2 Å². The van der Waals surface area contributed by atoms with Gasteiger partial charge in [-0.3, -0.25) is 9.69 Å². The summed E-state index contributed by atoms with van der Waals surface area (Å²) in [4.78, 5) is 17.1. The Hall–Kier alpha value is -1.39. The van der Waals surface area contributed by atoms with Gasteiger partial charge in [-0.25, -0.2) is 0 Å². The Morgan fingerprint density at radius 3 is 2.57 bits per heavy atom. The number of aliphatic hydroxyl groups is 1. The fourth-order valence-electron chi connectivity index (χ4n) is 3.67. The molecular weight excluding hydrogens is 288 g/mol. The van der Waals surface area contributed by atoms with Gasteiger partial charge in [-0.15, -0.1) is 0 Å². The minimum atomic E-state index is -0.749. The maximum Gasteiger partial charge on any atom is 0.237 e. The molecule has 1 saturated carbocycles. The number of nitrogens with zero attached hydrogens (tertiary/aromatic N) is 2. The van der Waals surface area contributed by atoms with E-state index >= 15 is 0 Å². The summed E-state index contributed by atoms with van der Waals surface area (Å²) in [6.07, 6.45) is 4.27. The molecule has 3 rings (SSSR count). The number of rotatable bonds is 6. The highest BCUT2D eigenvalue weighted by molar-refractivity contribution is 5.79. The van der Waals surface area contributed by atoms with Gasteiger partial charge in [-0.2, -0.15) is 0 Å². The molecule has 2 fully saturated rings. The quantitative estimate of drug-likeness (QED) is 0.876. The first-order chi connectivity index (χ1) is 10.9. The Labute approximate surface area is 139 Å².